The lowest BCUT2D eigenvalue weighted by molar-refractivity contribution is -0.132. The third-order valence-corrected chi connectivity index (χ3v) is 3.67. The summed E-state index contributed by atoms with van der Waals surface area (Å²) < 4.78 is 5.49. The second-order valence-electron chi connectivity index (χ2n) is 4.88. The Morgan fingerprint density at radius 1 is 1.33 bits per heavy atom. The highest BCUT2D eigenvalue weighted by Gasteiger charge is 2.29. The zero-order valence-electron chi connectivity index (χ0n) is 11.5. The van der Waals surface area contributed by atoms with Crippen molar-refractivity contribution in [1.82, 2.24) is 4.90 Å². The summed E-state index contributed by atoms with van der Waals surface area (Å²) in [7, 11) is 0. The molecule has 0 spiro atoms. The Balaban J connectivity index is 1.93. The van der Waals surface area contributed by atoms with Crippen LogP contribution in [0.3, 0.4) is 0 Å². The number of carbonyl (C=O) groups excluding carboxylic acids is 2. The second kappa shape index (κ2) is 6.53. The van der Waals surface area contributed by atoms with Crippen LogP contribution in [0.4, 0.5) is 0 Å². The van der Waals surface area contributed by atoms with Crippen molar-refractivity contribution >= 4 is 29.0 Å². The van der Waals surface area contributed by atoms with Gasteiger partial charge in [-0.3, -0.25) is 9.59 Å². The van der Waals surface area contributed by atoms with Gasteiger partial charge in [0.25, 0.3) is 5.91 Å². The van der Waals surface area contributed by atoms with Gasteiger partial charge in [0.05, 0.1) is 11.5 Å². The lowest BCUT2D eigenvalue weighted by atomic mass is 10.1. The number of likely N-dealkylation sites (tertiary alicyclic amines) is 1. The molecule has 0 aliphatic carbocycles. The first-order valence-corrected chi connectivity index (χ1v) is 6.98. The maximum Gasteiger partial charge on any atom is 0.260 e. The van der Waals surface area contributed by atoms with Crippen LogP contribution in [0.15, 0.2) is 24.3 Å². The molecule has 0 bridgehead atoms. The van der Waals surface area contributed by atoms with Crippen LogP contribution in [-0.2, 0) is 9.59 Å². The molecule has 1 unspecified atom stereocenters. The Hall–Kier alpha value is -2.15. The molecular formula is C14H17N3O3S. The van der Waals surface area contributed by atoms with Gasteiger partial charge in [-0.25, -0.2) is 0 Å². The fourth-order valence-electron chi connectivity index (χ4n) is 2.25. The average Bonchev–Trinajstić information content (AvgIpc) is 2.95. The maximum absolute atomic E-state index is 12.1. The van der Waals surface area contributed by atoms with Gasteiger partial charge in [-0.15, -0.1) is 0 Å². The van der Waals surface area contributed by atoms with Crippen LogP contribution in [0.5, 0.6) is 5.75 Å². The lowest BCUT2D eigenvalue weighted by Gasteiger charge is -2.17. The van der Waals surface area contributed by atoms with Crippen molar-refractivity contribution in [3.8, 4) is 5.75 Å². The summed E-state index contributed by atoms with van der Waals surface area (Å²) in [6.07, 6.45) is 0.602. The van der Waals surface area contributed by atoms with E-state index in [0.29, 0.717) is 30.8 Å². The van der Waals surface area contributed by atoms with E-state index in [1.54, 1.807) is 29.2 Å². The van der Waals surface area contributed by atoms with Gasteiger partial charge in [-0.1, -0.05) is 24.4 Å². The van der Waals surface area contributed by atoms with Gasteiger partial charge in [-0.2, -0.15) is 0 Å². The predicted molar refractivity (Wildman–Crippen MR) is 81.7 cm³/mol. The van der Waals surface area contributed by atoms with E-state index in [2.05, 4.69) is 0 Å². The van der Waals surface area contributed by atoms with Crippen LogP contribution >= 0.6 is 12.2 Å². The Morgan fingerprint density at radius 2 is 2.05 bits per heavy atom. The molecule has 0 saturated carbocycles. The number of ether oxygens (including phenoxy) is 1. The van der Waals surface area contributed by atoms with Crippen molar-refractivity contribution in [2.24, 2.45) is 17.4 Å². The molecule has 1 aromatic carbocycles. The molecule has 1 aromatic rings. The minimum absolute atomic E-state index is 0.120. The fourth-order valence-corrected chi connectivity index (χ4v) is 2.41. The maximum atomic E-state index is 12.1. The number of hydrogen-bond acceptors (Lipinski definition) is 4. The SMILES string of the molecule is NC(=O)C1CCN(C(=O)COc2ccccc2C(N)=S)C1. The van der Waals surface area contributed by atoms with Gasteiger partial charge >= 0.3 is 0 Å². The van der Waals surface area contributed by atoms with Crippen LogP contribution in [0.2, 0.25) is 0 Å². The molecule has 1 aliphatic heterocycles. The van der Waals surface area contributed by atoms with Crippen molar-refractivity contribution in [2.75, 3.05) is 19.7 Å². The standard InChI is InChI=1S/C14H17N3O3S/c15-13(19)9-5-6-17(7-9)12(18)8-20-11-4-2-1-3-10(11)14(16)21/h1-4,9H,5-8H2,(H2,15,19)(H2,16,21). The molecular weight excluding hydrogens is 290 g/mol. The molecule has 1 heterocycles. The summed E-state index contributed by atoms with van der Waals surface area (Å²) in [5, 5.41) is 0. The Kier molecular flexibility index (Phi) is 4.74. The minimum atomic E-state index is -0.370. The number of hydrogen-bond donors (Lipinski definition) is 2. The van der Waals surface area contributed by atoms with E-state index < -0.39 is 0 Å². The van der Waals surface area contributed by atoms with Gasteiger partial charge in [0.2, 0.25) is 5.91 Å². The lowest BCUT2D eigenvalue weighted by Crippen LogP contribution is -2.35. The van der Waals surface area contributed by atoms with E-state index in [-0.39, 0.29) is 29.3 Å². The summed E-state index contributed by atoms with van der Waals surface area (Å²) in [5.74, 6) is -0.344. The molecule has 1 fully saturated rings. The van der Waals surface area contributed by atoms with Crippen LogP contribution in [0, 0.1) is 5.92 Å². The van der Waals surface area contributed by atoms with Gasteiger partial charge in [0, 0.05) is 13.1 Å². The molecule has 21 heavy (non-hydrogen) atoms. The number of benzene rings is 1. The van der Waals surface area contributed by atoms with E-state index in [9.17, 15) is 9.59 Å². The molecule has 0 radical (unpaired) electrons. The van der Waals surface area contributed by atoms with E-state index in [4.69, 9.17) is 28.4 Å². The van der Waals surface area contributed by atoms with Crippen molar-refractivity contribution < 1.29 is 14.3 Å². The first kappa shape index (κ1) is 15.2. The van der Waals surface area contributed by atoms with E-state index >= 15 is 0 Å². The van der Waals surface area contributed by atoms with Crippen molar-refractivity contribution in [1.29, 1.82) is 0 Å². The third kappa shape index (κ3) is 3.69. The summed E-state index contributed by atoms with van der Waals surface area (Å²) in [5.41, 5.74) is 11.4. The zero-order chi connectivity index (χ0) is 15.4. The van der Waals surface area contributed by atoms with Crippen LogP contribution in [0.25, 0.3) is 0 Å². The number of amides is 2. The van der Waals surface area contributed by atoms with Gasteiger partial charge in [0.15, 0.2) is 6.61 Å². The van der Waals surface area contributed by atoms with Gasteiger partial charge < -0.3 is 21.1 Å². The first-order valence-electron chi connectivity index (χ1n) is 6.57. The van der Waals surface area contributed by atoms with Crippen molar-refractivity contribution in [3.05, 3.63) is 29.8 Å². The quantitative estimate of drug-likeness (QED) is 0.748. The molecule has 7 heteroatoms. The smallest absolute Gasteiger partial charge is 0.260 e. The Labute approximate surface area is 128 Å². The molecule has 1 atom stereocenters. The monoisotopic (exact) mass is 307 g/mol. The number of rotatable bonds is 5. The molecule has 1 saturated heterocycles. The number of thiocarbonyl (C=S) groups is 1. The van der Waals surface area contributed by atoms with E-state index in [0.717, 1.165) is 0 Å². The van der Waals surface area contributed by atoms with Crippen LogP contribution in [0.1, 0.15) is 12.0 Å². The van der Waals surface area contributed by atoms with Crippen molar-refractivity contribution in [2.45, 2.75) is 6.42 Å². The summed E-state index contributed by atoms with van der Waals surface area (Å²) in [4.78, 5) is 24.9. The molecule has 2 rings (SSSR count). The molecule has 6 nitrogen and oxygen atoms in total. The van der Waals surface area contributed by atoms with Crippen LogP contribution < -0.4 is 16.2 Å². The van der Waals surface area contributed by atoms with E-state index in [1.165, 1.54) is 0 Å². The van der Waals surface area contributed by atoms with Gasteiger partial charge in [-0.05, 0) is 18.6 Å². The summed E-state index contributed by atoms with van der Waals surface area (Å²) in [6.45, 7) is 0.756. The number of para-hydroxylation sites is 1. The highest BCUT2D eigenvalue weighted by Crippen LogP contribution is 2.19. The largest absolute Gasteiger partial charge is 0.483 e. The molecule has 4 N–H and O–H groups in total. The predicted octanol–water partition coefficient (Wildman–Crippen LogP) is 0.0334. The second-order valence-corrected chi connectivity index (χ2v) is 5.32. The average molecular weight is 307 g/mol. The third-order valence-electron chi connectivity index (χ3n) is 3.45. The minimum Gasteiger partial charge on any atom is -0.483 e. The van der Waals surface area contributed by atoms with Crippen LogP contribution in [-0.4, -0.2) is 41.4 Å². The van der Waals surface area contributed by atoms with E-state index in [1.807, 2.05) is 0 Å². The topological polar surface area (TPSA) is 98.7 Å². The molecule has 112 valence electrons. The molecule has 1 aliphatic rings. The Morgan fingerprint density at radius 3 is 2.67 bits per heavy atom. The zero-order valence-corrected chi connectivity index (χ0v) is 12.3. The Bertz CT molecular complexity index is 576. The highest BCUT2D eigenvalue weighted by molar-refractivity contribution is 7.80. The highest BCUT2D eigenvalue weighted by atomic mass is 32.1. The number of primary amides is 1. The summed E-state index contributed by atoms with van der Waals surface area (Å²) in [6, 6.07) is 7.01. The molecule has 0 aromatic heterocycles. The molecule has 2 amide bonds. The first-order chi connectivity index (χ1) is 9.99. The number of nitrogens with zero attached hydrogens (tertiary/aromatic N) is 1. The van der Waals surface area contributed by atoms with Gasteiger partial charge in [0.1, 0.15) is 10.7 Å². The number of carbonyl (C=O) groups is 2. The van der Waals surface area contributed by atoms with Crippen molar-refractivity contribution in [3.63, 3.8) is 0 Å². The fraction of sp³-hybridized carbons (Fsp3) is 0.357. The summed E-state index contributed by atoms with van der Waals surface area (Å²) >= 11 is 4.93. The normalized spacial score (nSPS) is 17.5. The number of nitrogens with two attached hydrogens (primary N) is 2.